The first-order valence-electron chi connectivity index (χ1n) is 6.39. The Kier molecular flexibility index (Phi) is 5.13. The Morgan fingerprint density at radius 2 is 1.94 bits per heavy atom. The molecule has 0 aliphatic heterocycles. The minimum absolute atomic E-state index is 0.0678. The lowest BCUT2D eigenvalue weighted by Gasteiger charge is -2.18. The SMILES string of the molecule is CCC(C)c1ccc(C(=O)N(CC)CC)cn1. The molecule has 1 atom stereocenters. The van der Waals surface area contributed by atoms with E-state index in [1.807, 2.05) is 26.0 Å². The van der Waals surface area contributed by atoms with Crippen LogP contribution < -0.4 is 0 Å². The van der Waals surface area contributed by atoms with Gasteiger partial charge < -0.3 is 4.90 Å². The average molecular weight is 234 g/mol. The molecule has 94 valence electrons. The van der Waals surface area contributed by atoms with Gasteiger partial charge in [-0.1, -0.05) is 13.8 Å². The molecular weight excluding hydrogens is 212 g/mol. The van der Waals surface area contributed by atoms with Crippen LogP contribution in [0.15, 0.2) is 18.3 Å². The summed E-state index contributed by atoms with van der Waals surface area (Å²) in [6, 6.07) is 3.85. The normalized spacial score (nSPS) is 12.2. The molecule has 0 spiro atoms. The Morgan fingerprint density at radius 3 is 2.35 bits per heavy atom. The maximum atomic E-state index is 12.0. The van der Waals surface area contributed by atoms with Gasteiger partial charge in [-0.25, -0.2) is 0 Å². The average Bonchev–Trinajstić information content (AvgIpc) is 2.39. The summed E-state index contributed by atoms with van der Waals surface area (Å²) in [6.07, 6.45) is 2.76. The quantitative estimate of drug-likeness (QED) is 0.784. The maximum Gasteiger partial charge on any atom is 0.255 e. The van der Waals surface area contributed by atoms with E-state index in [0.29, 0.717) is 11.5 Å². The highest BCUT2D eigenvalue weighted by Gasteiger charge is 2.13. The zero-order valence-corrected chi connectivity index (χ0v) is 11.2. The Morgan fingerprint density at radius 1 is 1.29 bits per heavy atom. The zero-order valence-electron chi connectivity index (χ0n) is 11.2. The lowest BCUT2D eigenvalue weighted by Crippen LogP contribution is -2.30. The second-order valence-electron chi connectivity index (χ2n) is 4.26. The third-order valence-electron chi connectivity index (χ3n) is 3.20. The number of carbonyl (C=O) groups excluding carboxylic acids is 1. The molecule has 1 unspecified atom stereocenters. The molecule has 0 saturated heterocycles. The topological polar surface area (TPSA) is 33.2 Å². The third-order valence-corrected chi connectivity index (χ3v) is 3.20. The van der Waals surface area contributed by atoms with Gasteiger partial charge in [0.1, 0.15) is 0 Å². The Hall–Kier alpha value is -1.38. The predicted molar refractivity (Wildman–Crippen MR) is 70.2 cm³/mol. The summed E-state index contributed by atoms with van der Waals surface area (Å²) in [5.41, 5.74) is 1.74. The molecule has 0 aliphatic rings. The number of rotatable bonds is 5. The first-order chi connectivity index (χ1) is 8.13. The molecule has 0 fully saturated rings. The molecule has 17 heavy (non-hydrogen) atoms. The predicted octanol–water partition coefficient (Wildman–Crippen LogP) is 3.08. The summed E-state index contributed by atoms with van der Waals surface area (Å²) in [5, 5.41) is 0. The molecule has 0 saturated carbocycles. The molecule has 3 heteroatoms. The lowest BCUT2D eigenvalue weighted by molar-refractivity contribution is 0.0772. The largest absolute Gasteiger partial charge is 0.339 e. The summed E-state index contributed by atoms with van der Waals surface area (Å²) >= 11 is 0. The van der Waals surface area contributed by atoms with Crippen LogP contribution >= 0.6 is 0 Å². The van der Waals surface area contributed by atoms with Crippen molar-refractivity contribution in [3.63, 3.8) is 0 Å². The maximum absolute atomic E-state index is 12.0. The van der Waals surface area contributed by atoms with Crippen LogP contribution in [0.4, 0.5) is 0 Å². The van der Waals surface area contributed by atoms with Crippen molar-refractivity contribution < 1.29 is 4.79 Å². The van der Waals surface area contributed by atoms with E-state index < -0.39 is 0 Å². The van der Waals surface area contributed by atoms with Crippen molar-refractivity contribution in [2.45, 2.75) is 40.0 Å². The molecule has 0 aromatic carbocycles. The van der Waals surface area contributed by atoms with Crippen LogP contribution in [0.1, 0.15) is 56.1 Å². The molecule has 0 radical (unpaired) electrons. The van der Waals surface area contributed by atoms with Crippen LogP contribution in [0, 0.1) is 0 Å². The standard InChI is InChI=1S/C14H22N2O/c1-5-11(4)13-9-8-12(10-15-13)14(17)16(6-2)7-3/h8-11H,5-7H2,1-4H3. The molecule has 1 aromatic rings. The van der Waals surface area contributed by atoms with Crippen molar-refractivity contribution >= 4 is 5.91 Å². The van der Waals surface area contributed by atoms with Gasteiger partial charge in [0.25, 0.3) is 5.91 Å². The van der Waals surface area contributed by atoms with Gasteiger partial charge in [0.2, 0.25) is 0 Å². The van der Waals surface area contributed by atoms with Gasteiger partial charge in [0, 0.05) is 25.0 Å². The number of carbonyl (C=O) groups is 1. The molecule has 1 heterocycles. The van der Waals surface area contributed by atoms with E-state index >= 15 is 0 Å². The first kappa shape index (κ1) is 13.7. The van der Waals surface area contributed by atoms with Gasteiger partial charge in [0.05, 0.1) is 5.56 Å². The smallest absolute Gasteiger partial charge is 0.255 e. The number of hydrogen-bond donors (Lipinski definition) is 0. The van der Waals surface area contributed by atoms with Crippen LogP contribution in [0.5, 0.6) is 0 Å². The molecule has 1 rings (SSSR count). The highest BCUT2D eigenvalue weighted by Crippen LogP contribution is 2.16. The van der Waals surface area contributed by atoms with Gasteiger partial charge >= 0.3 is 0 Å². The van der Waals surface area contributed by atoms with Gasteiger partial charge in [0.15, 0.2) is 0 Å². The van der Waals surface area contributed by atoms with Crippen LogP contribution in [0.3, 0.4) is 0 Å². The zero-order chi connectivity index (χ0) is 12.8. The van der Waals surface area contributed by atoms with Gasteiger partial charge in [-0.15, -0.1) is 0 Å². The van der Waals surface area contributed by atoms with Crippen LogP contribution in [0.25, 0.3) is 0 Å². The summed E-state index contributed by atoms with van der Waals surface area (Å²) in [5.74, 6) is 0.519. The van der Waals surface area contributed by atoms with Crippen LogP contribution in [-0.4, -0.2) is 28.9 Å². The number of nitrogens with zero attached hydrogens (tertiary/aromatic N) is 2. The Labute approximate surface area is 104 Å². The van der Waals surface area contributed by atoms with Crippen molar-refractivity contribution in [2.24, 2.45) is 0 Å². The lowest BCUT2D eigenvalue weighted by atomic mass is 10.0. The molecular formula is C14H22N2O. The molecule has 0 aliphatic carbocycles. The van der Waals surface area contributed by atoms with Crippen molar-refractivity contribution in [1.82, 2.24) is 9.88 Å². The van der Waals surface area contributed by atoms with Crippen LogP contribution in [-0.2, 0) is 0 Å². The van der Waals surface area contributed by atoms with E-state index in [2.05, 4.69) is 18.8 Å². The van der Waals surface area contributed by atoms with Crippen molar-refractivity contribution in [1.29, 1.82) is 0 Å². The number of hydrogen-bond acceptors (Lipinski definition) is 2. The Balaban J connectivity index is 2.83. The molecule has 1 aromatic heterocycles. The minimum atomic E-state index is 0.0678. The second kappa shape index (κ2) is 6.38. The number of aromatic nitrogens is 1. The Bertz CT molecular complexity index is 355. The second-order valence-corrected chi connectivity index (χ2v) is 4.26. The minimum Gasteiger partial charge on any atom is -0.339 e. The molecule has 0 N–H and O–H groups in total. The van der Waals surface area contributed by atoms with Gasteiger partial charge in [-0.05, 0) is 38.3 Å². The van der Waals surface area contributed by atoms with E-state index in [0.717, 1.165) is 25.2 Å². The highest BCUT2D eigenvalue weighted by molar-refractivity contribution is 5.93. The van der Waals surface area contributed by atoms with Gasteiger partial charge in [-0.2, -0.15) is 0 Å². The fourth-order valence-corrected chi connectivity index (χ4v) is 1.73. The number of amides is 1. The van der Waals surface area contributed by atoms with E-state index in [9.17, 15) is 4.79 Å². The molecule has 3 nitrogen and oxygen atoms in total. The highest BCUT2D eigenvalue weighted by atomic mass is 16.2. The van der Waals surface area contributed by atoms with E-state index in [-0.39, 0.29) is 5.91 Å². The first-order valence-corrected chi connectivity index (χ1v) is 6.39. The monoisotopic (exact) mass is 234 g/mol. The third kappa shape index (κ3) is 3.29. The summed E-state index contributed by atoms with van der Waals surface area (Å²) in [4.78, 5) is 18.2. The van der Waals surface area contributed by atoms with Crippen LogP contribution in [0.2, 0.25) is 0 Å². The van der Waals surface area contributed by atoms with E-state index in [4.69, 9.17) is 0 Å². The molecule has 1 amide bonds. The van der Waals surface area contributed by atoms with E-state index in [1.54, 1.807) is 11.1 Å². The molecule has 0 bridgehead atoms. The fraction of sp³-hybridized carbons (Fsp3) is 0.571. The van der Waals surface area contributed by atoms with E-state index in [1.165, 1.54) is 0 Å². The summed E-state index contributed by atoms with van der Waals surface area (Å²) in [7, 11) is 0. The fourth-order valence-electron chi connectivity index (χ4n) is 1.73. The summed E-state index contributed by atoms with van der Waals surface area (Å²) < 4.78 is 0. The number of pyridine rings is 1. The van der Waals surface area contributed by atoms with Crippen molar-refractivity contribution in [3.8, 4) is 0 Å². The van der Waals surface area contributed by atoms with Crippen molar-refractivity contribution in [2.75, 3.05) is 13.1 Å². The van der Waals surface area contributed by atoms with Crippen molar-refractivity contribution in [3.05, 3.63) is 29.6 Å². The van der Waals surface area contributed by atoms with Gasteiger partial charge in [-0.3, -0.25) is 9.78 Å². The summed E-state index contributed by atoms with van der Waals surface area (Å²) in [6.45, 7) is 9.74.